The van der Waals surface area contributed by atoms with Gasteiger partial charge in [-0.15, -0.1) is 0 Å². The van der Waals surface area contributed by atoms with Crippen molar-refractivity contribution >= 4 is 44.8 Å². The van der Waals surface area contributed by atoms with Crippen LogP contribution < -0.4 is 5.32 Å². The van der Waals surface area contributed by atoms with Gasteiger partial charge in [-0.05, 0) is 42.5 Å². The van der Waals surface area contributed by atoms with Crippen LogP contribution in [0.15, 0.2) is 47.4 Å². The van der Waals surface area contributed by atoms with Crippen LogP contribution in [0.4, 0.5) is 5.69 Å². The molecule has 0 saturated heterocycles. The Balaban J connectivity index is 2.35. The minimum atomic E-state index is -3.68. The summed E-state index contributed by atoms with van der Waals surface area (Å²) < 4.78 is 26.5. The lowest BCUT2D eigenvalue weighted by Crippen LogP contribution is -2.30. The lowest BCUT2D eigenvalue weighted by molar-refractivity contribution is 0.102. The van der Waals surface area contributed by atoms with Gasteiger partial charge in [-0.2, -0.15) is 4.31 Å². The monoisotopic (exact) mass is 400 g/mol. The molecule has 25 heavy (non-hydrogen) atoms. The van der Waals surface area contributed by atoms with Crippen LogP contribution in [0, 0.1) is 0 Å². The summed E-state index contributed by atoms with van der Waals surface area (Å²) >= 11 is 11.9. The third-order valence-corrected chi connectivity index (χ3v) is 6.26. The molecule has 0 heterocycles. The van der Waals surface area contributed by atoms with E-state index in [4.69, 9.17) is 23.2 Å². The van der Waals surface area contributed by atoms with Crippen LogP contribution in [0.25, 0.3) is 0 Å². The largest absolute Gasteiger partial charge is 0.322 e. The van der Waals surface area contributed by atoms with Crippen molar-refractivity contribution in [3.63, 3.8) is 0 Å². The summed E-state index contributed by atoms with van der Waals surface area (Å²) in [6.45, 7) is 4.19. The number of rotatable bonds is 6. The molecule has 0 bridgehead atoms. The van der Waals surface area contributed by atoms with Gasteiger partial charge in [-0.25, -0.2) is 8.42 Å². The van der Waals surface area contributed by atoms with Gasteiger partial charge in [0.2, 0.25) is 10.0 Å². The van der Waals surface area contributed by atoms with Crippen molar-refractivity contribution in [3.8, 4) is 0 Å². The number of hydrogen-bond acceptors (Lipinski definition) is 3. The maximum Gasteiger partial charge on any atom is 0.257 e. The molecule has 0 aliphatic heterocycles. The zero-order chi connectivity index (χ0) is 18.6. The molecule has 0 spiro atoms. The first kappa shape index (κ1) is 19.7. The molecular weight excluding hydrogens is 383 g/mol. The number of halogens is 2. The fourth-order valence-corrected chi connectivity index (χ4v) is 4.10. The fourth-order valence-electron chi connectivity index (χ4n) is 2.28. The van der Waals surface area contributed by atoms with Crippen molar-refractivity contribution in [3.05, 3.63) is 58.1 Å². The number of anilines is 1. The molecule has 0 unspecified atom stereocenters. The van der Waals surface area contributed by atoms with Crippen molar-refractivity contribution in [2.24, 2.45) is 0 Å². The zero-order valence-electron chi connectivity index (χ0n) is 13.8. The van der Waals surface area contributed by atoms with E-state index in [0.717, 1.165) is 0 Å². The van der Waals surface area contributed by atoms with Gasteiger partial charge in [0.1, 0.15) is 0 Å². The van der Waals surface area contributed by atoms with Crippen LogP contribution in [0.5, 0.6) is 0 Å². The molecule has 0 atom stereocenters. The highest BCUT2D eigenvalue weighted by Crippen LogP contribution is 2.24. The van der Waals surface area contributed by atoms with Gasteiger partial charge in [0.05, 0.1) is 15.5 Å². The van der Waals surface area contributed by atoms with E-state index in [0.29, 0.717) is 23.8 Å². The Labute approximate surface area is 157 Å². The highest BCUT2D eigenvalue weighted by molar-refractivity contribution is 7.89. The second-order valence-corrected chi connectivity index (χ2v) is 7.97. The maximum absolute atomic E-state index is 12.6. The van der Waals surface area contributed by atoms with Crippen LogP contribution in [0.1, 0.15) is 24.2 Å². The molecule has 1 N–H and O–H groups in total. The van der Waals surface area contributed by atoms with Gasteiger partial charge in [0, 0.05) is 23.8 Å². The fraction of sp³-hybridized carbons (Fsp3) is 0.235. The van der Waals surface area contributed by atoms with Gasteiger partial charge in [0.15, 0.2) is 0 Å². The average molecular weight is 401 g/mol. The van der Waals surface area contributed by atoms with Gasteiger partial charge < -0.3 is 5.32 Å². The Morgan fingerprint density at radius 3 is 2.20 bits per heavy atom. The van der Waals surface area contributed by atoms with E-state index in [9.17, 15) is 13.2 Å². The molecule has 5 nitrogen and oxygen atoms in total. The standard InChI is InChI=1S/C17H18Cl2N2O3S/c1-3-21(4-2)25(23,24)14-9-10-16(19)15(11-14)17(22)20-13-7-5-12(18)6-8-13/h5-11H,3-4H2,1-2H3,(H,20,22). The summed E-state index contributed by atoms with van der Waals surface area (Å²) in [5, 5.41) is 3.39. The average Bonchev–Trinajstić information content (AvgIpc) is 2.58. The quantitative estimate of drug-likeness (QED) is 0.786. The maximum atomic E-state index is 12.6. The molecule has 0 aliphatic carbocycles. The van der Waals surface area contributed by atoms with E-state index in [-0.39, 0.29) is 15.5 Å². The summed E-state index contributed by atoms with van der Waals surface area (Å²) in [6.07, 6.45) is 0. The molecule has 0 fully saturated rings. The van der Waals surface area contributed by atoms with E-state index in [1.54, 1.807) is 38.1 Å². The lowest BCUT2D eigenvalue weighted by Gasteiger charge is -2.19. The van der Waals surface area contributed by atoms with Crippen LogP contribution in [0.3, 0.4) is 0 Å². The number of carbonyl (C=O) groups excluding carboxylic acids is 1. The first-order valence-corrected chi connectivity index (χ1v) is 9.85. The Hall–Kier alpha value is -1.60. The second-order valence-electron chi connectivity index (χ2n) is 5.19. The van der Waals surface area contributed by atoms with Gasteiger partial charge in [-0.3, -0.25) is 4.79 Å². The number of sulfonamides is 1. The van der Waals surface area contributed by atoms with Crippen molar-refractivity contribution in [2.75, 3.05) is 18.4 Å². The van der Waals surface area contributed by atoms with Crippen molar-refractivity contribution in [1.82, 2.24) is 4.31 Å². The van der Waals surface area contributed by atoms with E-state index in [1.807, 2.05) is 0 Å². The Morgan fingerprint density at radius 1 is 1.04 bits per heavy atom. The van der Waals surface area contributed by atoms with Gasteiger partial charge in [0.25, 0.3) is 5.91 Å². The SMILES string of the molecule is CCN(CC)S(=O)(=O)c1ccc(Cl)c(C(=O)Nc2ccc(Cl)cc2)c1. The lowest BCUT2D eigenvalue weighted by atomic mass is 10.2. The topological polar surface area (TPSA) is 66.5 Å². The third-order valence-electron chi connectivity index (χ3n) is 3.63. The summed E-state index contributed by atoms with van der Waals surface area (Å²) in [4.78, 5) is 12.5. The van der Waals surface area contributed by atoms with E-state index < -0.39 is 15.9 Å². The van der Waals surface area contributed by atoms with E-state index in [2.05, 4.69) is 5.32 Å². The number of carbonyl (C=O) groups is 1. The first-order chi connectivity index (χ1) is 11.8. The smallest absolute Gasteiger partial charge is 0.257 e. The number of benzene rings is 2. The van der Waals surface area contributed by atoms with Gasteiger partial charge in [-0.1, -0.05) is 37.0 Å². The Bertz CT molecular complexity index is 864. The van der Waals surface area contributed by atoms with Crippen LogP contribution >= 0.6 is 23.2 Å². The first-order valence-electron chi connectivity index (χ1n) is 7.66. The molecule has 0 saturated carbocycles. The molecule has 0 aliphatic rings. The van der Waals surface area contributed by atoms with Crippen molar-refractivity contribution in [1.29, 1.82) is 0 Å². The Kier molecular flexibility index (Phi) is 6.46. The predicted molar refractivity (Wildman–Crippen MR) is 101 cm³/mol. The van der Waals surface area contributed by atoms with Crippen LogP contribution in [-0.2, 0) is 10.0 Å². The molecule has 134 valence electrons. The van der Waals surface area contributed by atoms with E-state index >= 15 is 0 Å². The van der Waals surface area contributed by atoms with Gasteiger partial charge >= 0.3 is 0 Å². The number of nitrogens with zero attached hydrogens (tertiary/aromatic N) is 1. The second kappa shape index (κ2) is 8.19. The normalized spacial score (nSPS) is 11.6. The van der Waals surface area contributed by atoms with Crippen LogP contribution in [0.2, 0.25) is 10.0 Å². The number of amides is 1. The minimum absolute atomic E-state index is 0.0295. The Morgan fingerprint density at radius 2 is 1.64 bits per heavy atom. The molecule has 1 amide bonds. The summed E-state index contributed by atoms with van der Waals surface area (Å²) in [7, 11) is -3.68. The van der Waals surface area contributed by atoms with Crippen molar-refractivity contribution in [2.45, 2.75) is 18.7 Å². The molecule has 2 aromatic rings. The molecule has 8 heteroatoms. The van der Waals surface area contributed by atoms with Crippen LogP contribution in [-0.4, -0.2) is 31.7 Å². The highest BCUT2D eigenvalue weighted by atomic mass is 35.5. The zero-order valence-corrected chi connectivity index (χ0v) is 16.1. The highest BCUT2D eigenvalue weighted by Gasteiger charge is 2.23. The van der Waals surface area contributed by atoms with Crippen molar-refractivity contribution < 1.29 is 13.2 Å². The third kappa shape index (κ3) is 4.52. The number of hydrogen-bond donors (Lipinski definition) is 1. The summed E-state index contributed by atoms with van der Waals surface area (Å²) in [5.74, 6) is -0.496. The molecule has 2 aromatic carbocycles. The molecular formula is C17H18Cl2N2O3S. The minimum Gasteiger partial charge on any atom is -0.322 e. The molecule has 0 aromatic heterocycles. The number of nitrogens with one attached hydrogen (secondary N) is 1. The predicted octanol–water partition coefficient (Wildman–Crippen LogP) is 4.28. The summed E-state index contributed by atoms with van der Waals surface area (Å²) in [5.41, 5.74) is 0.618. The molecule has 0 radical (unpaired) electrons. The summed E-state index contributed by atoms with van der Waals surface area (Å²) in [6, 6.07) is 10.7. The molecule has 2 rings (SSSR count). The van der Waals surface area contributed by atoms with E-state index in [1.165, 1.54) is 22.5 Å².